The fourth-order valence-electron chi connectivity index (χ4n) is 2.24. The maximum Gasteiger partial charge on any atom is 0.151 e. The molecule has 5 nitrogen and oxygen atoms in total. The summed E-state index contributed by atoms with van der Waals surface area (Å²) in [6, 6.07) is 2.52. The van der Waals surface area contributed by atoms with Gasteiger partial charge >= 0.3 is 0 Å². The van der Waals surface area contributed by atoms with Crippen molar-refractivity contribution in [3.63, 3.8) is 0 Å². The Morgan fingerprint density at radius 2 is 2.00 bits per heavy atom. The molecule has 0 atom stereocenters. The average Bonchev–Trinajstić information content (AvgIpc) is 2.91. The number of nitrogens with zero attached hydrogens (tertiary/aromatic N) is 4. The van der Waals surface area contributed by atoms with E-state index in [1.54, 1.807) is 0 Å². The van der Waals surface area contributed by atoms with Gasteiger partial charge in [0.05, 0.1) is 17.9 Å². The third kappa shape index (κ3) is 3.21. The van der Waals surface area contributed by atoms with Crippen molar-refractivity contribution < 1.29 is 0 Å². The Bertz CT molecular complexity index is 565. The minimum atomic E-state index is 0.386. The minimum Gasteiger partial charge on any atom is -0.363 e. The molecule has 0 bridgehead atoms. The van der Waals surface area contributed by atoms with Crippen LogP contribution in [0.15, 0.2) is 12.3 Å². The summed E-state index contributed by atoms with van der Waals surface area (Å²) in [5, 5.41) is 12.5. The second kappa shape index (κ2) is 6.11. The summed E-state index contributed by atoms with van der Waals surface area (Å²) in [4.78, 5) is 0. The highest BCUT2D eigenvalue weighted by Crippen LogP contribution is 2.16. The van der Waals surface area contributed by atoms with Crippen LogP contribution in [0.2, 0.25) is 0 Å². The summed E-state index contributed by atoms with van der Waals surface area (Å²) in [7, 11) is 0. The van der Waals surface area contributed by atoms with Gasteiger partial charge in [-0.05, 0) is 40.2 Å². The Balaban J connectivity index is 2.08. The highest BCUT2D eigenvalue weighted by atomic mass is 15.3. The van der Waals surface area contributed by atoms with E-state index in [-0.39, 0.29) is 0 Å². The Morgan fingerprint density at radius 3 is 2.60 bits per heavy atom. The molecule has 0 amide bonds. The average molecular weight is 275 g/mol. The van der Waals surface area contributed by atoms with Gasteiger partial charge in [0.25, 0.3) is 0 Å². The monoisotopic (exact) mass is 275 g/mol. The molecule has 0 aromatic carbocycles. The van der Waals surface area contributed by atoms with Crippen LogP contribution in [0.4, 0.5) is 5.82 Å². The van der Waals surface area contributed by atoms with Gasteiger partial charge in [-0.25, -0.2) is 0 Å². The van der Waals surface area contributed by atoms with Crippen LogP contribution < -0.4 is 5.32 Å². The fourth-order valence-corrected chi connectivity index (χ4v) is 2.24. The first-order valence-electron chi connectivity index (χ1n) is 7.34. The Hall–Kier alpha value is -1.78. The van der Waals surface area contributed by atoms with E-state index in [9.17, 15) is 0 Å². The number of nitrogens with one attached hydrogen (secondary N) is 1. The second-order valence-electron chi connectivity index (χ2n) is 5.59. The van der Waals surface area contributed by atoms with Gasteiger partial charge in [-0.1, -0.05) is 6.92 Å². The Labute approximate surface area is 121 Å². The van der Waals surface area contributed by atoms with E-state index in [1.807, 2.05) is 11.6 Å². The van der Waals surface area contributed by atoms with Gasteiger partial charge in [0.2, 0.25) is 0 Å². The molecule has 2 aromatic heterocycles. The smallest absolute Gasteiger partial charge is 0.151 e. The first-order chi connectivity index (χ1) is 9.51. The number of aromatic nitrogens is 4. The molecule has 0 saturated carbocycles. The second-order valence-corrected chi connectivity index (χ2v) is 5.59. The van der Waals surface area contributed by atoms with Gasteiger partial charge < -0.3 is 5.32 Å². The number of aryl methyl sites for hydroxylation is 3. The van der Waals surface area contributed by atoms with E-state index in [0.717, 1.165) is 31.0 Å². The molecule has 0 fully saturated rings. The molecule has 0 aliphatic heterocycles. The molecule has 2 heterocycles. The quantitative estimate of drug-likeness (QED) is 0.880. The van der Waals surface area contributed by atoms with Crippen molar-refractivity contribution in [1.29, 1.82) is 0 Å². The first-order valence-corrected chi connectivity index (χ1v) is 7.34. The normalized spacial score (nSPS) is 11.3. The topological polar surface area (TPSA) is 47.7 Å². The van der Waals surface area contributed by atoms with E-state index in [1.165, 1.54) is 11.3 Å². The zero-order valence-electron chi connectivity index (χ0n) is 13.1. The van der Waals surface area contributed by atoms with Crippen LogP contribution in [0.25, 0.3) is 0 Å². The molecule has 0 aliphatic carbocycles. The molecule has 1 N–H and O–H groups in total. The third-order valence-corrected chi connectivity index (χ3v) is 3.30. The van der Waals surface area contributed by atoms with Gasteiger partial charge in [0, 0.05) is 24.3 Å². The molecule has 0 unspecified atom stereocenters. The molecular formula is C15H25N5. The van der Waals surface area contributed by atoms with Crippen molar-refractivity contribution in [3.05, 3.63) is 29.2 Å². The van der Waals surface area contributed by atoms with Crippen LogP contribution >= 0.6 is 0 Å². The third-order valence-electron chi connectivity index (χ3n) is 3.30. The van der Waals surface area contributed by atoms with Crippen molar-refractivity contribution in [3.8, 4) is 0 Å². The molecule has 2 aromatic rings. The van der Waals surface area contributed by atoms with Crippen LogP contribution in [0.1, 0.15) is 50.2 Å². The molecule has 0 spiro atoms. The molecule has 0 aliphatic rings. The molecular weight excluding hydrogens is 250 g/mol. The highest BCUT2D eigenvalue weighted by Gasteiger charge is 2.09. The number of hydrogen-bond donors (Lipinski definition) is 1. The van der Waals surface area contributed by atoms with Gasteiger partial charge in [-0.3, -0.25) is 9.36 Å². The lowest BCUT2D eigenvalue weighted by Crippen LogP contribution is -2.10. The van der Waals surface area contributed by atoms with Crippen LogP contribution in [-0.4, -0.2) is 19.6 Å². The van der Waals surface area contributed by atoms with Gasteiger partial charge in [0.15, 0.2) is 5.82 Å². The standard InChI is InChI=1S/C15H25N5/c1-6-7-19-14(8-13(5)17-19)9-16-15-12(4)10-20(18-15)11(2)3/h8,10-11H,6-7,9H2,1-5H3,(H,16,18). The van der Waals surface area contributed by atoms with Crippen LogP contribution in [0, 0.1) is 13.8 Å². The summed E-state index contributed by atoms with van der Waals surface area (Å²) in [6.45, 7) is 12.3. The molecule has 0 saturated heterocycles. The molecule has 20 heavy (non-hydrogen) atoms. The lowest BCUT2D eigenvalue weighted by molar-refractivity contribution is 0.533. The number of rotatable bonds is 6. The van der Waals surface area contributed by atoms with E-state index >= 15 is 0 Å². The lowest BCUT2D eigenvalue weighted by Gasteiger charge is -2.08. The maximum atomic E-state index is 4.58. The first kappa shape index (κ1) is 14.6. The van der Waals surface area contributed by atoms with Crippen molar-refractivity contribution in [2.75, 3.05) is 5.32 Å². The summed E-state index contributed by atoms with van der Waals surface area (Å²) < 4.78 is 4.07. The van der Waals surface area contributed by atoms with Crippen molar-refractivity contribution >= 4 is 5.82 Å². The minimum absolute atomic E-state index is 0.386. The summed E-state index contributed by atoms with van der Waals surface area (Å²) in [6.07, 6.45) is 3.18. The zero-order chi connectivity index (χ0) is 14.7. The van der Waals surface area contributed by atoms with Gasteiger partial charge in [-0.15, -0.1) is 0 Å². The molecule has 0 radical (unpaired) electrons. The fraction of sp³-hybridized carbons (Fsp3) is 0.600. The summed E-state index contributed by atoms with van der Waals surface area (Å²) in [5.74, 6) is 0.959. The Morgan fingerprint density at radius 1 is 1.25 bits per heavy atom. The predicted molar refractivity (Wildman–Crippen MR) is 81.9 cm³/mol. The Kier molecular flexibility index (Phi) is 4.47. The molecule has 110 valence electrons. The molecule has 5 heteroatoms. The van der Waals surface area contributed by atoms with Gasteiger partial charge in [0.1, 0.15) is 0 Å². The maximum absolute atomic E-state index is 4.58. The van der Waals surface area contributed by atoms with Crippen LogP contribution in [0.3, 0.4) is 0 Å². The summed E-state index contributed by atoms with van der Waals surface area (Å²) in [5.41, 5.74) is 3.46. The van der Waals surface area contributed by atoms with Crippen molar-refractivity contribution in [1.82, 2.24) is 19.6 Å². The lowest BCUT2D eigenvalue weighted by atomic mass is 10.3. The zero-order valence-corrected chi connectivity index (χ0v) is 13.1. The predicted octanol–water partition coefficient (Wildman–Crippen LogP) is 3.30. The van der Waals surface area contributed by atoms with E-state index in [2.05, 4.69) is 60.2 Å². The van der Waals surface area contributed by atoms with E-state index < -0.39 is 0 Å². The van der Waals surface area contributed by atoms with Gasteiger partial charge in [-0.2, -0.15) is 10.2 Å². The summed E-state index contributed by atoms with van der Waals surface area (Å²) >= 11 is 0. The van der Waals surface area contributed by atoms with Crippen molar-refractivity contribution in [2.45, 2.75) is 60.2 Å². The number of anilines is 1. The van der Waals surface area contributed by atoms with Crippen LogP contribution in [-0.2, 0) is 13.1 Å². The highest BCUT2D eigenvalue weighted by molar-refractivity contribution is 5.42. The van der Waals surface area contributed by atoms with E-state index in [0.29, 0.717) is 6.04 Å². The van der Waals surface area contributed by atoms with Crippen LogP contribution in [0.5, 0.6) is 0 Å². The van der Waals surface area contributed by atoms with Crippen molar-refractivity contribution in [2.24, 2.45) is 0 Å². The largest absolute Gasteiger partial charge is 0.363 e. The number of hydrogen-bond acceptors (Lipinski definition) is 3. The van der Waals surface area contributed by atoms with E-state index in [4.69, 9.17) is 0 Å². The molecule has 2 rings (SSSR count). The SMILES string of the molecule is CCCn1nc(C)cc1CNc1nn(C(C)C)cc1C.